The summed E-state index contributed by atoms with van der Waals surface area (Å²) in [6.45, 7) is 3.17. The molecule has 7 nitrogen and oxygen atoms in total. The third-order valence-corrected chi connectivity index (χ3v) is 2.18. The Hall–Kier alpha value is -1.79. The third kappa shape index (κ3) is 5.19. The fourth-order valence-corrected chi connectivity index (χ4v) is 1.20. The molecule has 3 amide bonds. The lowest BCUT2D eigenvalue weighted by molar-refractivity contribution is -0.141. The Kier molecular flexibility index (Phi) is 6.01. The number of amides is 3. The van der Waals surface area contributed by atoms with Crippen LogP contribution in [-0.2, 0) is 9.59 Å². The van der Waals surface area contributed by atoms with Gasteiger partial charge in [0, 0.05) is 34.1 Å². The Morgan fingerprint density at radius 1 is 1.29 bits per heavy atom. The number of hydrogen-bond donors (Lipinski definition) is 2. The van der Waals surface area contributed by atoms with Crippen LogP contribution >= 0.6 is 0 Å². The van der Waals surface area contributed by atoms with Gasteiger partial charge in [-0.25, -0.2) is 9.59 Å². The van der Waals surface area contributed by atoms with Crippen LogP contribution in [0.5, 0.6) is 0 Å². The molecule has 0 radical (unpaired) electrons. The van der Waals surface area contributed by atoms with Gasteiger partial charge in [0.1, 0.15) is 6.04 Å². The number of urea groups is 1. The first kappa shape index (κ1) is 15.2. The molecule has 0 fully saturated rings. The lowest BCUT2D eigenvalue weighted by atomic mass is 10.3. The second kappa shape index (κ2) is 6.72. The number of rotatable bonds is 5. The highest BCUT2D eigenvalue weighted by Gasteiger charge is 2.26. The van der Waals surface area contributed by atoms with Gasteiger partial charge in [0.05, 0.1) is 0 Å². The van der Waals surface area contributed by atoms with Crippen molar-refractivity contribution in [1.29, 1.82) is 0 Å². The molecule has 0 saturated heterocycles. The normalized spacial score (nSPS) is 11.5. The van der Waals surface area contributed by atoms with Crippen LogP contribution in [0.2, 0.25) is 0 Å². The number of carboxylic acids is 1. The topological polar surface area (TPSA) is 90.0 Å². The molecular weight excluding hydrogens is 226 g/mol. The van der Waals surface area contributed by atoms with Crippen molar-refractivity contribution >= 4 is 17.9 Å². The Balaban J connectivity index is 4.57. The van der Waals surface area contributed by atoms with Gasteiger partial charge in [-0.05, 0) is 6.92 Å². The molecule has 0 bridgehead atoms. The summed E-state index contributed by atoms with van der Waals surface area (Å²) < 4.78 is 0. The minimum Gasteiger partial charge on any atom is -0.480 e. The predicted molar refractivity (Wildman–Crippen MR) is 61.6 cm³/mol. The Morgan fingerprint density at radius 3 is 2.18 bits per heavy atom. The van der Waals surface area contributed by atoms with E-state index >= 15 is 0 Å². The van der Waals surface area contributed by atoms with E-state index in [1.54, 1.807) is 14.1 Å². The molecule has 1 unspecified atom stereocenters. The molecule has 0 saturated carbocycles. The lowest BCUT2D eigenvalue weighted by Crippen LogP contribution is -2.50. The molecule has 7 heteroatoms. The number of nitrogens with one attached hydrogen (secondary N) is 1. The number of carbonyl (C=O) groups excluding carboxylic acids is 2. The van der Waals surface area contributed by atoms with Crippen molar-refractivity contribution in [3.63, 3.8) is 0 Å². The van der Waals surface area contributed by atoms with E-state index in [0.717, 1.165) is 0 Å². The van der Waals surface area contributed by atoms with Crippen molar-refractivity contribution < 1.29 is 19.5 Å². The molecule has 0 aromatic carbocycles. The van der Waals surface area contributed by atoms with E-state index in [4.69, 9.17) is 5.11 Å². The summed E-state index contributed by atoms with van der Waals surface area (Å²) in [5.74, 6) is -1.30. The van der Waals surface area contributed by atoms with Crippen molar-refractivity contribution in [1.82, 2.24) is 15.1 Å². The molecule has 0 aromatic rings. The molecule has 0 aliphatic carbocycles. The van der Waals surface area contributed by atoms with Crippen LogP contribution in [0, 0.1) is 0 Å². The van der Waals surface area contributed by atoms with E-state index in [-0.39, 0.29) is 19.0 Å². The van der Waals surface area contributed by atoms with Crippen molar-refractivity contribution in [2.45, 2.75) is 19.9 Å². The van der Waals surface area contributed by atoms with E-state index in [9.17, 15) is 14.4 Å². The average molecular weight is 245 g/mol. The van der Waals surface area contributed by atoms with Crippen molar-refractivity contribution in [2.75, 3.05) is 27.2 Å². The van der Waals surface area contributed by atoms with Crippen molar-refractivity contribution in [3.05, 3.63) is 0 Å². The number of carbonyl (C=O) groups is 3. The molecule has 0 rings (SSSR count). The molecule has 17 heavy (non-hydrogen) atoms. The van der Waals surface area contributed by atoms with Crippen molar-refractivity contribution in [3.8, 4) is 0 Å². The van der Waals surface area contributed by atoms with Gasteiger partial charge >= 0.3 is 12.0 Å². The fourth-order valence-electron chi connectivity index (χ4n) is 1.20. The summed E-state index contributed by atoms with van der Waals surface area (Å²) in [7, 11) is 3.09. The molecule has 0 aromatic heterocycles. The lowest BCUT2D eigenvalue weighted by Gasteiger charge is -2.29. The van der Waals surface area contributed by atoms with Gasteiger partial charge in [0.25, 0.3) is 0 Å². The summed E-state index contributed by atoms with van der Waals surface area (Å²) in [4.78, 5) is 35.8. The monoisotopic (exact) mass is 245 g/mol. The molecule has 0 spiro atoms. The SMILES string of the molecule is CC(=O)NCCN(C(=O)N(C)C)C(C)C(=O)O. The summed E-state index contributed by atoms with van der Waals surface area (Å²) >= 11 is 0. The molecule has 0 aliphatic heterocycles. The van der Waals surface area contributed by atoms with Gasteiger partial charge < -0.3 is 20.2 Å². The first-order valence-electron chi connectivity index (χ1n) is 5.22. The number of aliphatic carboxylic acids is 1. The van der Waals surface area contributed by atoms with Crippen LogP contribution in [0.15, 0.2) is 0 Å². The summed E-state index contributed by atoms with van der Waals surface area (Å²) in [5.41, 5.74) is 0. The van der Waals surface area contributed by atoms with Crippen LogP contribution in [0.1, 0.15) is 13.8 Å². The first-order valence-corrected chi connectivity index (χ1v) is 5.22. The zero-order chi connectivity index (χ0) is 13.6. The number of hydrogen-bond acceptors (Lipinski definition) is 3. The molecule has 0 aliphatic rings. The van der Waals surface area contributed by atoms with Crippen LogP contribution < -0.4 is 5.32 Å². The van der Waals surface area contributed by atoms with Crippen LogP contribution in [0.4, 0.5) is 4.79 Å². The summed E-state index contributed by atoms with van der Waals surface area (Å²) in [6, 6.07) is -1.33. The smallest absolute Gasteiger partial charge is 0.326 e. The highest BCUT2D eigenvalue weighted by Crippen LogP contribution is 2.02. The molecular formula is C10H19N3O4. The molecule has 1 atom stereocenters. The highest BCUT2D eigenvalue weighted by molar-refractivity contribution is 5.82. The Bertz CT molecular complexity index is 304. The second-order valence-corrected chi connectivity index (χ2v) is 3.87. The zero-order valence-corrected chi connectivity index (χ0v) is 10.6. The Labute approximate surface area is 100 Å². The maximum absolute atomic E-state index is 11.7. The average Bonchev–Trinajstić information content (AvgIpc) is 2.21. The maximum Gasteiger partial charge on any atom is 0.326 e. The van der Waals surface area contributed by atoms with Gasteiger partial charge in [-0.15, -0.1) is 0 Å². The maximum atomic E-state index is 11.7. The minimum absolute atomic E-state index is 0.157. The van der Waals surface area contributed by atoms with E-state index in [2.05, 4.69) is 5.32 Å². The molecule has 98 valence electrons. The fraction of sp³-hybridized carbons (Fsp3) is 0.700. The van der Waals surface area contributed by atoms with E-state index < -0.39 is 18.0 Å². The van der Waals surface area contributed by atoms with Crippen LogP contribution in [0.25, 0.3) is 0 Å². The third-order valence-electron chi connectivity index (χ3n) is 2.18. The van der Waals surface area contributed by atoms with Gasteiger partial charge in [-0.3, -0.25) is 4.79 Å². The molecule has 2 N–H and O–H groups in total. The Morgan fingerprint density at radius 2 is 1.82 bits per heavy atom. The van der Waals surface area contributed by atoms with Gasteiger partial charge in [0.15, 0.2) is 0 Å². The molecule has 0 heterocycles. The van der Waals surface area contributed by atoms with Gasteiger partial charge in [-0.2, -0.15) is 0 Å². The predicted octanol–water partition coefficient (Wildman–Crippen LogP) is -0.421. The van der Waals surface area contributed by atoms with Crippen molar-refractivity contribution in [2.24, 2.45) is 0 Å². The van der Waals surface area contributed by atoms with Crippen LogP contribution in [0.3, 0.4) is 0 Å². The largest absolute Gasteiger partial charge is 0.480 e. The van der Waals surface area contributed by atoms with E-state index in [1.165, 1.54) is 23.6 Å². The number of nitrogens with zero attached hydrogens (tertiary/aromatic N) is 2. The van der Waals surface area contributed by atoms with E-state index in [0.29, 0.717) is 0 Å². The van der Waals surface area contributed by atoms with Gasteiger partial charge in [0.2, 0.25) is 5.91 Å². The second-order valence-electron chi connectivity index (χ2n) is 3.87. The number of carboxylic acid groups (broad SMARTS) is 1. The zero-order valence-electron chi connectivity index (χ0n) is 10.6. The van der Waals surface area contributed by atoms with Crippen LogP contribution in [-0.4, -0.2) is 66.0 Å². The minimum atomic E-state index is -1.08. The first-order chi connectivity index (χ1) is 7.77. The van der Waals surface area contributed by atoms with Gasteiger partial charge in [-0.1, -0.05) is 0 Å². The standard InChI is InChI=1S/C10H19N3O4/c1-7(9(15)16)13(10(17)12(3)4)6-5-11-8(2)14/h7H,5-6H2,1-4H3,(H,11,14)(H,15,16). The summed E-state index contributed by atoms with van der Waals surface area (Å²) in [5, 5.41) is 11.4. The highest BCUT2D eigenvalue weighted by atomic mass is 16.4. The summed E-state index contributed by atoms with van der Waals surface area (Å²) in [6.07, 6.45) is 0. The van der Waals surface area contributed by atoms with E-state index in [1.807, 2.05) is 0 Å². The quantitative estimate of drug-likeness (QED) is 0.688.